The monoisotopic (exact) mass is 434 g/mol. The average molecular weight is 435 g/mol. The van der Waals surface area contributed by atoms with E-state index in [1.165, 1.54) is 0 Å². The first-order valence-corrected chi connectivity index (χ1v) is 10.5. The Morgan fingerprint density at radius 1 is 1.19 bits per heavy atom. The van der Waals surface area contributed by atoms with Crippen molar-refractivity contribution in [3.05, 3.63) is 65.4 Å². The fourth-order valence-corrected chi connectivity index (χ4v) is 3.63. The van der Waals surface area contributed by atoms with E-state index in [1.807, 2.05) is 43.3 Å². The minimum Gasteiger partial charge on any atom is -0.495 e. The second-order valence-corrected chi connectivity index (χ2v) is 7.44. The summed E-state index contributed by atoms with van der Waals surface area (Å²) in [4.78, 5) is 13.4. The lowest BCUT2D eigenvalue weighted by Crippen LogP contribution is -2.31. The van der Waals surface area contributed by atoms with Crippen LogP contribution in [0.4, 0.5) is 11.6 Å². The minimum atomic E-state index is -0.499. The molecule has 0 saturated carbocycles. The summed E-state index contributed by atoms with van der Waals surface area (Å²) >= 11 is 0. The number of nitrogens with zero attached hydrogens (tertiary/aromatic N) is 4. The van der Waals surface area contributed by atoms with Crippen molar-refractivity contribution in [2.45, 2.75) is 32.7 Å². The van der Waals surface area contributed by atoms with E-state index in [0.717, 1.165) is 24.2 Å². The number of rotatable bonds is 8. The van der Waals surface area contributed by atoms with Crippen LogP contribution in [-0.2, 0) is 4.79 Å². The van der Waals surface area contributed by atoms with Crippen LogP contribution in [0.15, 0.2) is 59.8 Å². The van der Waals surface area contributed by atoms with Gasteiger partial charge in [0.25, 0.3) is 5.91 Å². The van der Waals surface area contributed by atoms with E-state index >= 15 is 0 Å². The van der Waals surface area contributed by atoms with Crippen LogP contribution in [0, 0.1) is 0 Å². The molecular formula is C23H26N6O3. The Labute approximate surface area is 186 Å². The van der Waals surface area contributed by atoms with E-state index in [9.17, 15) is 4.79 Å². The van der Waals surface area contributed by atoms with Crippen molar-refractivity contribution in [2.75, 3.05) is 24.4 Å². The standard InChI is InChI=1S/C23H26N6O3/c1-4-5-14-32-17-12-10-16(11-13-17)21-20(15(2)24-23-26-27-28-29(21)23)22(30)25-18-8-6-7-9-19(18)31-3/h6-13,21H,4-5,14H2,1-3H3,(H,25,30)(H,24,26,28)/t21-/m0/s1. The van der Waals surface area contributed by atoms with Crippen LogP contribution < -0.4 is 20.1 Å². The molecule has 1 aliphatic heterocycles. The van der Waals surface area contributed by atoms with Gasteiger partial charge >= 0.3 is 0 Å². The van der Waals surface area contributed by atoms with Crippen LogP contribution in [0.1, 0.15) is 38.3 Å². The van der Waals surface area contributed by atoms with Crippen LogP contribution in [0.25, 0.3) is 0 Å². The van der Waals surface area contributed by atoms with Crippen LogP contribution in [0.2, 0.25) is 0 Å². The van der Waals surface area contributed by atoms with Gasteiger partial charge in [0.15, 0.2) is 0 Å². The third-order valence-corrected chi connectivity index (χ3v) is 5.28. The fourth-order valence-electron chi connectivity index (χ4n) is 3.63. The number of fused-ring (bicyclic) bond motifs is 1. The molecule has 9 nitrogen and oxygen atoms in total. The molecule has 1 aromatic heterocycles. The zero-order valence-corrected chi connectivity index (χ0v) is 18.3. The molecule has 166 valence electrons. The molecule has 0 radical (unpaired) electrons. The molecule has 9 heteroatoms. The molecule has 0 unspecified atom stereocenters. The lowest BCUT2D eigenvalue weighted by atomic mass is 9.95. The van der Waals surface area contributed by atoms with Gasteiger partial charge in [0.1, 0.15) is 17.5 Å². The molecule has 0 saturated heterocycles. The zero-order chi connectivity index (χ0) is 22.5. The summed E-state index contributed by atoms with van der Waals surface area (Å²) in [7, 11) is 1.57. The Kier molecular flexibility index (Phi) is 6.34. The Balaban J connectivity index is 1.66. The topological polar surface area (TPSA) is 103 Å². The van der Waals surface area contributed by atoms with E-state index in [4.69, 9.17) is 9.47 Å². The number of tetrazole rings is 1. The number of benzene rings is 2. The van der Waals surface area contributed by atoms with Crippen LogP contribution in [0.5, 0.6) is 11.5 Å². The van der Waals surface area contributed by atoms with Gasteiger partial charge in [0.2, 0.25) is 5.95 Å². The number of unbranched alkanes of at least 4 members (excludes halogenated alkanes) is 1. The molecule has 2 N–H and O–H groups in total. The van der Waals surface area contributed by atoms with Crippen LogP contribution in [0.3, 0.4) is 0 Å². The summed E-state index contributed by atoms with van der Waals surface area (Å²) in [5.41, 5.74) is 2.64. The second-order valence-electron chi connectivity index (χ2n) is 7.44. The maximum absolute atomic E-state index is 13.4. The van der Waals surface area contributed by atoms with Crippen molar-refractivity contribution in [1.29, 1.82) is 0 Å². The molecule has 3 aromatic rings. The van der Waals surface area contributed by atoms with Crippen molar-refractivity contribution in [1.82, 2.24) is 20.2 Å². The molecule has 2 aromatic carbocycles. The number of carbonyl (C=O) groups is 1. The highest BCUT2D eigenvalue weighted by Crippen LogP contribution is 2.36. The number of allylic oxidation sites excluding steroid dienone is 1. The summed E-state index contributed by atoms with van der Waals surface area (Å²) in [5.74, 6) is 1.57. The van der Waals surface area contributed by atoms with Gasteiger partial charge in [-0.25, -0.2) is 0 Å². The lowest BCUT2D eigenvalue weighted by Gasteiger charge is -2.28. The van der Waals surface area contributed by atoms with Crippen LogP contribution in [-0.4, -0.2) is 39.8 Å². The lowest BCUT2D eigenvalue weighted by molar-refractivity contribution is -0.113. The first kappa shape index (κ1) is 21.4. The molecule has 1 amide bonds. The number of hydrogen-bond acceptors (Lipinski definition) is 7. The molecule has 32 heavy (non-hydrogen) atoms. The molecular weight excluding hydrogens is 408 g/mol. The molecule has 0 spiro atoms. The Morgan fingerprint density at radius 3 is 2.72 bits per heavy atom. The third kappa shape index (κ3) is 4.27. The number of aromatic nitrogens is 4. The maximum atomic E-state index is 13.4. The van der Waals surface area contributed by atoms with Crippen molar-refractivity contribution in [3.8, 4) is 11.5 Å². The van der Waals surface area contributed by atoms with Gasteiger partial charge in [-0.1, -0.05) is 42.7 Å². The van der Waals surface area contributed by atoms with Gasteiger partial charge in [-0.15, -0.1) is 0 Å². The SMILES string of the molecule is CCCCOc1ccc([C@H]2C(C(=O)Nc3ccccc3OC)=C(C)Nc3nnnn32)cc1. The number of methoxy groups -OCH3 is 1. The summed E-state index contributed by atoms with van der Waals surface area (Å²) < 4.78 is 12.8. The van der Waals surface area contributed by atoms with Gasteiger partial charge < -0.3 is 20.1 Å². The van der Waals surface area contributed by atoms with Crippen LogP contribution >= 0.6 is 0 Å². The van der Waals surface area contributed by atoms with Gasteiger partial charge in [-0.2, -0.15) is 4.68 Å². The first-order valence-electron chi connectivity index (χ1n) is 10.5. The van der Waals surface area contributed by atoms with E-state index in [-0.39, 0.29) is 5.91 Å². The summed E-state index contributed by atoms with van der Waals surface area (Å²) in [6.07, 6.45) is 2.07. The highest BCUT2D eigenvalue weighted by Gasteiger charge is 2.34. The van der Waals surface area contributed by atoms with E-state index in [0.29, 0.717) is 35.3 Å². The molecule has 1 atom stereocenters. The van der Waals surface area contributed by atoms with Gasteiger partial charge in [-0.05, 0) is 53.6 Å². The second kappa shape index (κ2) is 9.51. The largest absolute Gasteiger partial charge is 0.495 e. The maximum Gasteiger partial charge on any atom is 0.255 e. The van der Waals surface area contributed by atoms with Gasteiger partial charge in [0, 0.05) is 5.70 Å². The molecule has 0 fully saturated rings. The van der Waals surface area contributed by atoms with Crippen molar-refractivity contribution >= 4 is 17.5 Å². The molecule has 2 heterocycles. The summed E-state index contributed by atoms with van der Waals surface area (Å²) in [6.45, 7) is 4.63. The third-order valence-electron chi connectivity index (χ3n) is 5.28. The molecule has 0 aliphatic carbocycles. The Hall–Kier alpha value is -3.88. The fraction of sp³-hybridized carbons (Fsp3) is 0.304. The number of nitrogens with one attached hydrogen (secondary N) is 2. The minimum absolute atomic E-state index is 0.270. The van der Waals surface area contributed by atoms with Gasteiger partial charge in [-0.3, -0.25) is 4.79 Å². The van der Waals surface area contributed by atoms with E-state index < -0.39 is 6.04 Å². The van der Waals surface area contributed by atoms with Crippen molar-refractivity contribution < 1.29 is 14.3 Å². The summed E-state index contributed by atoms with van der Waals surface area (Å²) in [5, 5.41) is 18.0. The highest BCUT2D eigenvalue weighted by molar-refractivity contribution is 6.06. The molecule has 4 rings (SSSR count). The van der Waals surface area contributed by atoms with Crippen molar-refractivity contribution in [2.24, 2.45) is 0 Å². The quantitative estimate of drug-likeness (QED) is 0.520. The smallest absolute Gasteiger partial charge is 0.255 e. The number of hydrogen-bond donors (Lipinski definition) is 2. The van der Waals surface area contributed by atoms with Crippen molar-refractivity contribution in [3.63, 3.8) is 0 Å². The number of amides is 1. The first-order chi connectivity index (χ1) is 15.6. The summed E-state index contributed by atoms with van der Waals surface area (Å²) in [6, 6.07) is 14.5. The average Bonchev–Trinajstić information content (AvgIpc) is 3.27. The normalized spacial score (nSPS) is 15.0. The number of carbonyl (C=O) groups excluding carboxylic acids is 1. The Bertz CT molecular complexity index is 1120. The van der Waals surface area contributed by atoms with Gasteiger partial charge in [0.05, 0.1) is 25.0 Å². The molecule has 1 aliphatic rings. The molecule has 0 bridgehead atoms. The highest BCUT2D eigenvalue weighted by atomic mass is 16.5. The zero-order valence-electron chi connectivity index (χ0n) is 18.3. The predicted octanol–water partition coefficient (Wildman–Crippen LogP) is 3.79. The predicted molar refractivity (Wildman–Crippen MR) is 121 cm³/mol. The Morgan fingerprint density at radius 2 is 1.97 bits per heavy atom. The number of ether oxygens (including phenoxy) is 2. The number of para-hydroxylation sites is 2. The van der Waals surface area contributed by atoms with E-state index in [2.05, 4.69) is 33.1 Å². The number of anilines is 2. The van der Waals surface area contributed by atoms with E-state index in [1.54, 1.807) is 23.9 Å².